The number of benzene rings is 9. The van der Waals surface area contributed by atoms with E-state index in [1.807, 2.05) is 91.0 Å². The number of thiophene rings is 1. The van der Waals surface area contributed by atoms with E-state index in [1.54, 1.807) is 23.6 Å². The van der Waals surface area contributed by atoms with Crippen molar-refractivity contribution in [1.82, 2.24) is 9.97 Å². The number of hydrogen-bond acceptors (Lipinski definition) is 3. The zero-order valence-corrected chi connectivity index (χ0v) is 31.1. The Morgan fingerprint density at radius 1 is 0.404 bits per heavy atom. The van der Waals surface area contributed by atoms with Gasteiger partial charge < -0.3 is 0 Å². The van der Waals surface area contributed by atoms with Crippen molar-refractivity contribution in [3.63, 3.8) is 0 Å². The number of fused-ring (bicyclic) bond motifs is 4. The Morgan fingerprint density at radius 3 is 1.81 bits per heavy atom. The maximum absolute atomic E-state index is 10.1. The van der Waals surface area contributed by atoms with Gasteiger partial charge in [-0.3, -0.25) is 4.98 Å². The number of rotatable bonds is 5. The van der Waals surface area contributed by atoms with Gasteiger partial charge in [0.2, 0.25) is 0 Å². The molecule has 0 bridgehead atoms. The van der Waals surface area contributed by atoms with Crippen LogP contribution < -0.4 is 0 Å². The SMILES string of the molecule is [2H]c1c([2H])c([2H])c2c(-c3c(-c4ccccc4)sc(-c4ccc5ccc6cccc7ccc4c5c67)c3-c3ccccc3)c([2H])c([2H])c(-c3ccc4ccc5cccnc5c4n3)c2c1[2H]. The molecule has 0 radical (unpaired) electrons. The lowest BCUT2D eigenvalue weighted by atomic mass is 9.86. The van der Waals surface area contributed by atoms with E-state index >= 15 is 0 Å². The quantitative estimate of drug-likeness (QED) is 0.164. The van der Waals surface area contributed by atoms with Gasteiger partial charge in [-0.15, -0.1) is 11.3 Å². The lowest BCUT2D eigenvalue weighted by Crippen LogP contribution is -1.92. The predicted octanol–water partition coefficient (Wildman–Crippen LogP) is 15.2. The molecule has 0 amide bonds. The lowest BCUT2D eigenvalue weighted by Gasteiger charge is -2.17. The van der Waals surface area contributed by atoms with E-state index in [1.165, 1.54) is 10.8 Å². The second kappa shape index (κ2) is 12.7. The summed E-state index contributed by atoms with van der Waals surface area (Å²) in [5.74, 6) is 0. The van der Waals surface area contributed by atoms with Crippen LogP contribution in [0, 0.1) is 0 Å². The molecule has 3 heterocycles. The Hall–Kier alpha value is -7.20. The van der Waals surface area contributed by atoms with Crippen LogP contribution in [0.4, 0.5) is 0 Å². The normalized spacial score (nSPS) is 13.3. The van der Waals surface area contributed by atoms with E-state index in [9.17, 15) is 5.48 Å². The summed E-state index contributed by atoms with van der Waals surface area (Å²) in [4.78, 5) is 11.5. The number of nitrogens with zero attached hydrogens (tertiary/aromatic N) is 2. The predicted molar refractivity (Wildman–Crippen MR) is 243 cm³/mol. The van der Waals surface area contributed by atoms with Crippen LogP contribution in [-0.2, 0) is 0 Å². The van der Waals surface area contributed by atoms with Crippen molar-refractivity contribution < 1.29 is 8.22 Å². The average Bonchev–Trinajstić information content (AvgIpc) is 3.72. The summed E-state index contributed by atoms with van der Waals surface area (Å²) in [7, 11) is 0. The molecular weight excluding hydrogens is 709 g/mol. The second-order valence-corrected chi connectivity index (χ2v) is 15.4. The van der Waals surface area contributed by atoms with Gasteiger partial charge in [0.1, 0.15) is 0 Å². The van der Waals surface area contributed by atoms with Crippen LogP contribution in [-0.4, -0.2) is 9.97 Å². The second-order valence-electron chi connectivity index (χ2n) is 14.4. The first-order valence-corrected chi connectivity index (χ1v) is 19.7. The van der Waals surface area contributed by atoms with E-state index in [4.69, 9.17) is 7.73 Å². The smallest absolute Gasteiger partial charge is 0.0972 e. The number of aromatic nitrogens is 2. The number of pyridine rings is 2. The van der Waals surface area contributed by atoms with Crippen LogP contribution in [0.1, 0.15) is 8.22 Å². The first kappa shape index (κ1) is 26.6. The molecule has 0 aliphatic heterocycles. The summed E-state index contributed by atoms with van der Waals surface area (Å²) in [6.45, 7) is 0. The molecule has 3 heteroatoms. The van der Waals surface area contributed by atoms with E-state index in [-0.39, 0.29) is 46.1 Å². The molecule has 0 fully saturated rings. The van der Waals surface area contributed by atoms with Crippen LogP contribution in [0.5, 0.6) is 0 Å². The third-order valence-corrected chi connectivity index (χ3v) is 12.5. The van der Waals surface area contributed by atoms with Gasteiger partial charge in [0.05, 0.1) is 25.0 Å². The molecule has 2 nitrogen and oxygen atoms in total. The van der Waals surface area contributed by atoms with E-state index in [0.717, 1.165) is 64.3 Å². The molecule has 12 aromatic rings. The Labute approximate surface area is 341 Å². The van der Waals surface area contributed by atoms with E-state index in [2.05, 4.69) is 59.6 Å². The molecule has 0 saturated carbocycles. The van der Waals surface area contributed by atoms with Gasteiger partial charge in [-0.1, -0.05) is 176 Å². The molecule has 3 aromatic heterocycles. The molecule has 0 unspecified atom stereocenters. The van der Waals surface area contributed by atoms with Gasteiger partial charge in [0, 0.05) is 49.0 Å². The Bertz CT molecular complexity index is 3850. The molecule has 9 aromatic carbocycles. The van der Waals surface area contributed by atoms with Crippen LogP contribution >= 0.6 is 11.3 Å². The molecule has 57 heavy (non-hydrogen) atoms. The minimum Gasteiger partial charge on any atom is -0.254 e. The summed E-state index contributed by atoms with van der Waals surface area (Å²) in [6.07, 6.45) is 1.71. The van der Waals surface area contributed by atoms with Gasteiger partial charge in [-0.25, -0.2) is 4.98 Å². The molecule has 0 atom stereocenters. The van der Waals surface area contributed by atoms with Crippen molar-refractivity contribution in [3.8, 4) is 54.4 Å². The number of hydrogen-bond donors (Lipinski definition) is 0. The van der Waals surface area contributed by atoms with Gasteiger partial charge in [-0.2, -0.15) is 0 Å². The highest BCUT2D eigenvalue weighted by Crippen LogP contribution is 2.55. The molecule has 0 saturated heterocycles. The van der Waals surface area contributed by atoms with Crippen molar-refractivity contribution in [1.29, 1.82) is 0 Å². The van der Waals surface area contributed by atoms with Crippen molar-refractivity contribution in [2.24, 2.45) is 0 Å². The molecule has 0 aliphatic rings. The summed E-state index contributed by atoms with van der Waals surface area (Å²) >= 11 is 1.60. The zero-order chi connectivity index (χ0) is 42.7. The highest BCUT2D eigenvalue weighted by Gasteiger charge is 2.26. The maximum atomic E-state index is 10.1. The fourth-order valence-electron chi connectivity index (χ4n) is 8.65. The van der Waals surface area contributed by atoms with Crippen molar-refractivity contribution in [2.45, 2.75) is 0 Å². The monoisotopic (exact) mass is 746 g/mol. The average molecular weight is 747 g/mol. The Kier molecular flexibility index (Phi) is 5.91. The lowest BCUT2D eigenvalue weighted by molar-refractivity contribution is 1.37. The van der Waals surface area contributed by atoms with Crippen LogP contribution in [0.15, 0.2) is 194 Å². The Morgan fingerprint density at radius 2 is 1.02 bits per heavy atom. The first-order chi connectivity index (χ1) is 30.8. The maximum Gasteiger partial charge on any atom is 0.0972 e. The molecule has 12 rings (SSSR count). The molecule has 0 aliphatic carbocycles. The van der Waals surface area contributed by atoms with Gasteiger partial charge >= 0.3 is 0 Å². The summed E-state index contributed by atoms with van der Waals surface area (Å²) in [6, 6.07) is 49.2. The van der Waals surface area contributed by atoms with E-state index < -0.39 is 12.1 Å². The fraction of sp³-hybridized carbons (Fsp3) is 0. The summed E-state index contributed by atoms with van der Waals surface area (Å²) in [5, 5.41) is 8.96. The summed E-state index contributed by atoms with van der Waals surface area (Å²) < 4.78 is 57.3. The minimum atomic E-state index is -0.420. The van der Waals surface area contributed by atoms with Crippen LogP contribution in [0.2, 0.25) is 0 Å². The van der Waals surface area contributed by atoms with Crippen molar-refractivity contribution >= 4 is 76.2 Å². The van der Waals surface area contributed by atoms with Gasteiger partial charge in [-0.05, 0) is 71.9 Å². The van der Waals surface area contributed by atoms with Crippen LogP contribution in [0.25, 0.3) is 119 Å². The molecular formula is C54H32N2S. The minimum absolute atomic E-state index is 0.144. The van der Waals surface area contributed by atoms with E-state index in [0.29, 0.717) is 22.3 Å². The largest absolute Gasteiger partial charge is 0.254 e. The van der Waals surface area contributed by atoms with Gasteiger partial charge in [0.25, 0.3) is 0 Å². The molecule has 0 spiro atoms. The third-order valence-electron chi connectivity index (χ3n) is 11.2. The zero-order valence-electron chi connectivity index (χ0n) is 36.3. The molecule has 264 valence electrons. The Balaban J connectivity index is 1.25. The van der Waals surface area contributed by atoms with Crippen molar-refractivity contribution in [2.75, 3.05) is 0 Å². The highest BCUT2D eigenvalue weighted by molar-refractivity contribution is 7.20. The third kappa shape index (κ3) is 4.96. The van der Waals surface area contributed by atoms with Gasteiger partial charge in [0.15, 0.2) is 0 Å². The fourth-order valence-corrected chi connectivity index (χ4v) is 10.0. The highest BCUT2D eigenvalue weighted by atomic mass is 32.1. The standard InChI is InChI=1S/C54H32N2S/c1-3-11-33(12-4-1)49-50(43-30-29-42(40-18-7-8-19-41(40)43)46-31-26-38-23-22-37-17-10-32-55-51(37)52(38)56-46)53(39-13-5-2-6-14-39)57-54(49)45-28-25-36-21-20-34-15-9-16-35-24-27-44(45)48(36)47(34)35/h1-32H/i7D,8D,18D,19D,29D,30D. The summed E-state index contributed by atoms with van der Waals surface area (Å²) in [5.41, 5.74) is 6.29. The topological polar surface area (TPSA) is 25.8 Å². The molecule has 0 N–H and O–H groups in total. The van der Waals surface area contributed by atoms with Crippen molar-refractivity contribution in [3.05, 3.63) is 194 Å². The first-order valence-electron chi connectivity index (χ1n) is 21.9. The van der Waals surface area contributed by atoms with Crippen LogP contribution in [0.3, 0.4) is 0 Å².